The Kier molecular flexibility index (Phi) is 73.0. The van der Waals surface area contributed by atoms with Crippen LogP contribution in [-0.4, -0.2) is 24.5 Å². The number of unbranched alkanes of at least 4 members (excludes halogenated alkanes) is 33. The monoisotopic (exact) mass is 902 g/mol. The van der Waals surface area contributed by atoms with Crippen molar-refractivity contribution >= 4 is 0 Å². The maximum atomic E-state index is 3.99. The molecule has 0 spiro atoms. The summed E-state index contributed by atoms with van der Waals surface area (Å²) in [5.74, 6) is 1.96. The van der Waals surface area contributed by atoms with E-state index in [4.69, 9.17) is 0 Å². The number of nitrogens with zero attached hydrogens (tertiary/aromatic N) is 1. The molecule has 0 aromatic heterocycles. The van der Waals surface area contributed by atoms with E-state index in [1.54, 1.807) is 0 Å². The molecule has 0 bridgehead atoms. The summed E-state index contributed by atoms with van der Waals surface area (Å²) in [4.78, 5) is 2.69. The van der Waals surface area contributed by atoms with E-state index in [1.165, 1.54) is 301 Å². The van der Waals surface area contributed by atoms with Crippen LogP contribution in [0.25, 0.3) is 0 Å². The number of allylic oxidation sites excluding steroid dienone is 1. The van der Waals surface area contributed by atoms with Crippen molar-refractivity contribution in [2.75, 3.05) is 19.6 Å². The van der Waals surface area contributed by atoms with Crippen molar-refractivity contribution in [3.63, 3.8) is 0 Å². The number of hydrogen-bond donors (Lipinski definition) is 0. The van der Waals surface area contributed by atoms with Gasteiger partial charge < -0.3 is 4.90 Å². The summed E-state index contributed by atoms with van der Waals surface area (Å²) < 4.78 is 0. The largest absolute Gasteiger partial charge is 0.303 e. The summed E-state index contributed by atoms with van der Waals surface area (Å²) in [6.07, 6.45) is 64.7. The van der Waals surface area contributed by atoms with E-state index >= 15 is 0 Å². The molecule has 1 heteroatoms. The van der Waals surface area contributed by atoms with E-state index in [2.05, 4.69) is 79.5 Å². The summed E-state index contributed by atoms with van der Waals surface area (Å²) in [7, 11) is 0. The van der Waals surface area contributed by atoms with Crippen molar-refractivity contribution in [1.82, 2.24) is 4.90 Å². The Balaban J connectivity index is -0.000000436. The second-order valence-corrected chi connectivity index (χ2v) is 20.5. The van der Waals surface area contributed by atoms with Crippen molar-refractivity contribution in [3.8, 4) is 0 Å². The predicted octanol–water partition coefficient (Wildman–Crippen LogP) is 23.6. The van der Waals surface area contributed by atoms with Gasteiger partial charge in [-0.05, 0) is 70.4 Å². The first kappa shape index (κ1) is 70.0. The molecule has 388 valence electrons. The van der Waals surface area contributed by atoms with E-state index in [1.807, 2.05) is 13.8 Å². The molecular weight excluding hydrogens is 771 g/mol. The average Bonchev–Trinajstić information content (AvgIpc) is 3.30. The maximum absolute atomic E-state index is 3.99. The van der Waals surface area contributed by atoms with Gasteiger partial charge in [0.25, 0.3) is 0 Å². The van der Waals surface area contributed by atoms with E-state index in [0.29, 0.717) is 0 Å². The van der Waals surface area contributed by atoms with Crippen molar-refractivity contribution < 1.29 is 0 Å². The summed E-state index contributed by atoms with van der Waals surface area (Å²) in [5, 5.41) is 0. The van der Waals surface area contributed by atoms with Crippen molar-refractivity contribution in [2.24, 2.45) is 11.8 Å². The quantitative estimate of drug-likeness (QED) is 0.0434. The Morgan fingerprint density at radius 3 is 1.03 bits per heavy atom. The van der Waals surface area contributed by atoms with Gasteiger partial charge in [0.1, 0.15) is 0 Å². The first-order valence-electron chi connectivity index (χ1n) is 30.3. The van der Waals surface area contributed by atoms with Gasteiger partial charge in [-0.25, -0.2) is 0 Å². The van der Waals surface area contributed by atoms with Gasteiger partial charge in [-0.3, -0.25) is 0 Å². The molecule has 0 saturated carbocycles. The molecule has 2 unspecified atom stereocenters. The molecule has 0 aromatic rings. The zero-order valence-electron chi connectivity index (χ0n) is 47.3. The molecule has 2 atom stereocenters. The minimum atomic E-state index is 0.955. The third-order valence-corrected chi connectivity index (χ3v) is 13.6. The zero-order chi connectivity index (χ0) is 48.3. The van der Waals surface area contributed by atoms with Gasteiger partial charge in [0, 0.05) is 6.54 Å². The van der Waals surface area contributed by atoms with Crippen LogP contribution in [0.3, 0.4) is 0 Å². The fourth-order valence-corrected chi connectivity index (χ4v) is 9.12. The van der Waals surface area contributed by atoms with Crippen LogP contribution in [0.15, 0.2) is 24.8 Å². The van der Waals surface area contributed by atoms with Crippen LogP contribution < -0.4 is 0 Å². The van der Waals surface area contributed by atoms with E-state index in [-0.39, 0.29) is 0 Å². The van der Waals surface area contributed by atoms with E-state index in [9.17, 15) is 0 Å². The fourth-order valence-electron chi connectivity index (χ4n) is 9.12. The Bertz CT molecular complexity index is 772. The Labute approximate surface area is 411 Å². The lowest BCUT2D eigenvalue weighted by Crippen LogP contribution is -2.27. The molecule has 64 heavy (non-hydrogen) atoms. The maximum Gasteiger partial charge on any atom is 0.00158 e. The molecule has 0 aliphatic carbocycles. The molecule has 1 nitrogen and oxygen atoms in total. The molecule has 0 amide bonds. The van der Waals surface area contributed by atoms with Gasteiger partial charge in [0.05, 0.1) is 0 Å². The predicted molar refractivity (Wildman–Crippen MR) is 303 cm³/mol. The summed E-state index contributed by atoms with van der Waals surface area (Å²) in [6, 6.07) is 0. The molecule has 0 N–H and O–H groups in total. The van der Waals surface area contributed by atoms with Crippen LogP contribution in [0.5, 0.6) is 0 Å². The summed E-state index contributed by atoms with van der Waals surface area (Å²) in [5.41, 5.74) is 1.34. The lowest BCUT2D eigenvalue weighted by Gasteiger charge is -2.21. The zero-order valence-corrected chi connectivity index (χ0v) is 47.3. The third-order valence-electron chi connectivity index (χ3n) is 13.6. The number of rotatable bonds is 49. The highest BCUT2D eigenvalue weighted by Crippen LogP contribution is 2.25. The molecule has 0 aliphatic rings. The van der Waals surface area contributed by atoms with Crippen LogP contribution in [0, 0.1) is 11.8 Å². The normalized spacial score (nSPS) is 11.9. The van der Waals surface area contributed by atoms with Crippen LogP contribution >= 0.6 is 0 Å². The Morgan fingerprint density at radius 1 is 0.406 bits per heavy atom. The van der Waals surface area contributed by atoms with Crippen molar-refractivity contribution in [1.29, 1.82) is 0 Å². The van der Waals surface area contributed by atoms with Gasteiger partial charge in [0.2, 0.25) is 0 Å². The molecule has 0 rings (SSSR count). The first-order valence-corrected chi connectivity index (χ1v) is 30.3. The molecule has 0 fully saturated rings. The molecule has 0 aromatic carbocycles. The molecule has 0 aliphatic heterocycles. The van der Waals surface area contributed by atoms with Gasteiger partial charge in [-0.15, -0.1) is 13.2 Å². The van der Waals surface area contributed by atoms with Gasteiger partial charge in [-0.1, -0.05) is 318 Å². The Hall–Kier alpha value is -0.560. The fraction of sp³-hybridized carbons (Fsp3) is 0.937. The molecule has 0 radical (unpaired) electrons. The van der Waals surface area contributed by atoms with Crippen LogP contribution in [0.2, 0.25) is 0 Å². The minimum absolute atomic E-state index is 0.955. The summed E-state index contributed by atoms with van der Waals surface area (Å²) in [6.45, 7) is 34.2. The number of hydrogen-bond acceptors (Lipinski definition) is 1. The average molecular weight is 903 g/mol. The highest BCUT2D eigenvalue weighted by molar-refractivity contribution is 4.87. The van der Waals surface area contributed by atoms with E-state index < -0.39 is 0 Å². The van der Waals surface area contributed by atoms with Crippen molar-refractivity contribution in [2.45, 2.75) is 352 Å². The highest BCUT2D eigenvalue weighted by Gasteiger charge is 2.11. The third kappa shape index (κ3) is 68.0. The van der Waals surface area contributed by atoms with Gasteiger partial charge >= 0.3 is 0 Å². The molecular formula is C63H131N. The summed E-state index contributed by atoms with van der Waals surface area (Å²) >= 11 is 0. The van der Waals surface area contributed by atoms with Gasteiger partial charge in [0.15, 0.2) is 0 Å². The lowest BCUT2D eigenvalue weighted by atomic mass is 9.87. The SMILES string of the molecule is C=CCCN(CCCCCCCCCC)CCCCCCCCCCC(=C)C.CC.CCCCCCCCC(CC)CC(C)CCCCC.CCCCCCCCCCCCCCC. The van der Waals surface area contributed by atoms with Crippen LogP contribution in [0.4, 0.5) is 0 Å². The topological polar surface area (TPSA) is 3.24 Å². The lowest BCUT2D eigenvalue weighted by molar-refractivity contribution is 0.264. The first-order chi connectivity index (χ1) is 31.4. The van der Waals surface area contributed by atoms with Crippen LogP contribution in [0.1, 0.15) is 352 Å². The molecule has 0 heterocycles. The Morgan fingerprint density at radius 2 is 0.703 bits per heavy atom. The highest BCUT2D eigenvalue weighted by atomic mass is 15.1. The van der Waals surface area contributed by atoms with Crippen molar-refractivity contribution in [3.05, 3.63) is 24.8 Å². The second-order valence-electron chi connectivity index (χ2n) is 20.5. The standard InChI is InChI=1S/C27H53N.C19H40.C15H32.C2H6/c1-5-7-9-10-11-15-18-21-25-28(24-8-6-2)26-22-19-16-13-12-14-17-20-23-27(3)4;1-5-8-10-11-12-14-16-19(7-3)17-18(4)15-13-9-6-2;1-3-5-7-9-11-13-15-14-12-10-8-6-4-2;1-2/h6H,2-3,5,7-26H2,1,4H3;18-19H,5-17H2,1-4H3;3-15H2,1-2H3;1-2H3. The van der Waals surface area contributed by atoms with E-state index in [0.717, 1.165) is 18.3 Å². The second kappa shape index (κ2) is 66.7. The minimum Gasteiger partial charge on any atom is -0.303 e. The molecule has 0 saturated heterocycles. The smallest absolute Gasteiger partial charge is 0.00158 e. The van der Waals surface area contributed by atoms with Crippen LogP contribution in [-0.2, 0) is 0 Å². The van der Waals surface area contributed by atoms with Gasteiger partial charge in [-0.2, -0.15) is 0 Å².